The fourth-order valence-corrected chi connectivity index (χ4v) is 1.65. The molecule has 0 amide bonds. The summed E-state index contributed by atoms with van der Waals surface area (Å²) < 4.78 is 27.7. The van der Waals surface area contributed by atoms with E-state index in [-0.39, 0.29) is 22.8 Å². The Labute approximate surface area is 77.2 Å². The van der Waals surface area contributed by atoms with E-state index in [0.717, 1.165) is 0 Å². The molecule has 0 atom stereocenters. The van der Waals surface area contributed by atoms with Crippen LogP contribution in [0.15, 0.2) is 16.1 Å². The fourth-order valence-electron chi connectivity index (χ4n) is 0.772. The van der Waals surface area contributed by atoms with Crippen molar-refractivity contribution in [2.24, 2.45) is 10.7 Å². The first kappa shape index (κ1) is 10.2. The van der Waals surface area contributed by atoms with Gasteiger partial charge in [-0.05, 0) is 13.8 Å². The first-order chi connectivity index (χ1) is 5.94. The van der Waals surface area contributed by atoms with Crippen LogP contribution in [0.25, 0.3) is 0 Å². The van der Waals surface area contributed by atoms with Gasteiger partial charge in [0.2, 0.25) is 15.0 Å². The van der Waals surface area contributed by atoms with Crippen molar-refractivity contribution in [3.63, 3.8) is 0 Å². The van der Waals surface area contributed by atoms with Gasteiger partial charge in [0.05, 0.1) is 17.6 Å². The smallest absolute Gasteiger partial charge is 0.239 e. The predicted molar refractivity (Wildman–Crippen MR) is 49.7 cm³/mol. The lowest BCUT2D eigenvalue weighted by Gasteiger charge is -2.07. The van der Waals surface area contributed by atoms with E-state index < -0.39 is 9.84 Å². The van der Waals surface area contributed by atoms with Crippen molar-refractivity contribution in [2.75, 3.05) is 6.61 Å². The van der Waals surface area contributed by atoms with Crippen molar-refractivity contribution < 1.29 is 13.2 Å². The number of hydrogen-bond donors (Lipinski definition) is 1. The number of amidine groups is 1. The van der Waals surface area contributed by atoms with E-state index in [9.17, 15) is 8.42 Å². The third kappa shape index (κ3) is 2.07. The molecule has 0 saturated heterocycles. The second kappa shape index (κ2) is 3.47. The number of sulfone groups is 1. The molecule has 0 unspecified atom stereocenters. The monoisotopic (exact) mass is 204 g/mol. The number of nitrogens with two attached hydrogens (primary N) is 1. The van der Waals surface area contributed by atoms with E-state index in [0.29, 0.717) is 0 Å². The third-order valence-corrected chi connectivity index (χ3v) is 3.08. The molecule has 1 heterocycles. The molecule has 1 aliphatic rings. The average Bonchev–Trinajstić information content (AvgIpc) is 2.25. The van der Waals surface area contributed by atoms with Crippen molar-refractivity contribution in [3.05, 3.63) is 11.1 Å². The lowest BCUT2D eigenvalue weighted by Crippen LogP contribution is -2.23. The largest absolute Gasteiger partial charge is 0.374 e. The Bertz CT molecular complexity index is 354. The maximum atomic E-state index is 11.3. The molecule has 6 heteroatoms. The highest BCUT2D eigenvalue weighted by Gasteiger charge is 2.27. The van der Waals surface area contributed by atoms with Gasteiger partial charge in [-0.2, -0.15) is 0 Å². The van der Waals surface area contributed by atoms with Crippen LogP contribution in [0.5, 0.6) is 0 Å². The quantitative estimate of drug-likeness (QED) is 0.701. The molecular formula is C7H12N2O3S. The van der Waals surface area contributed by atoms with E-state index in [4.69, 9.17) is 10.5 Å². The molecular weight excluding hydrogens is 192 g/mol. The predicted octanol–water partition coefficient (Wildman–Crippen LogP) is -0.00410. The number of nitrogens with zero attached hydrogens (tertiary/aromatic N) is 1. The van der Waals surface area contributed by atoms with Crippen LogP contribution in [0.4, 0.5) is 0 Å². The zero-order valence-corrected chi connectivity index (χ0v) is 8.34. The van der Waals surface area contributed by atoms with Gasteiger partial charge >= 0.3 is 0 Å². The standard InChI is InChI=1S/C7H12N2O3S/c1-5(2)12-4-6-3-9-7(8)13(6,10)11/h3,5H,4H2,1-2H3,(H2,8,9). The summed E-state index contributed by atoms with van der Waals surface area (Å²) >= 11 is 0. The minimum atomic E-state index is -3.50. The Hall–Kier alpha value is -0.880. The molecule has 1 aliphatic heterocycles. The van der Waals surface area contributed by atoms with E-state index in [1.54, 1.807) is 0 Å². The van der Waals surface area contributed by atoms with Crippen molar-refractivity contribution >= 4 is 15.0 Å². The lowest BCUT2D eigenvalue weighted by atomic mass is 10.5. The SMILES string of the molecule is CC(C)OCC1=CN=C(N)S1(=O)=O. The summed E-state index contributed by atoms with van der Waals surface area (Å²) in [6.45, 7) is 3.68. The molecule has 2 N–H and O–H groups in total. The maximum absolute atomic E-state index is 11.3. The Morgan fingerprint density at radius 2 is 2.23 bits per heavy atom. The molecule has 1 rings (SSSR count). The molecule has 0 aromatic carbocycles. The average molecular weight is 204 g/mol. The van der Waals surface area contributed by atoms with Crippen LogP contribution in [-0.2, 0) is 14.6 Å². The van der Waals surface area contributed by atoms with Crippen LogP contribution in [-0.4, -0.2) is 26.3 Å². The van der Waals surface area contributed by atoms with Gasteiger partial charge in [0.1, 0.15) is 0 Å². The van der Waals surface area contributed by atoms with Crippen molar-refractivity contribution in [2.45, 2.75) is 20.0 Å². The number of rotatable bonds is 3. The summed E-state index contributed by atoms with van der Waals surface area (Å²) in [6, 6.07) is 0. The summed E-state index contributed by atoms with van der Waals surface area (Å²) in [5.74, 6) is 0. The van der Waals surface area contributed by atoms with Gasteiger partial charge in [-0.15, -0.1) is 0 Å². The number of aliphatic imine (C=N–C) groups is 1. The van der Waals surface area contributed by atoms with Crippen LogP contribution in [0, 0.1) is 0 Å². The maximum Gasteiger partial charge on any atom is 0.239 e. The van der Waals surface area contributed by atoms with E-state index in [1.165, 1.54) is 6.20 Å². The summed E-state index contributed by atoms with van der Waals surface area (Å²) in [6.07, 6.45) is 1.21. The topological polar surface area (TPSA) is 81.8 Å². The van der Waals surface area contributed by atoms with Gasteiger partial charge in [0, 0.05) is 6.20 Å². The second-order valence-corrected chi connectivity index (χ2v) is 4.88. The highest BCUT2D eigenvalue weighted by molar-refractivity contribution is 8.09. The van der Waals surface area contributed by atoms with Gasteiger partial charge in [-0.3, -0.25) is 0 Å². The van der Waals surface area contributed by atoms with E-state index in [2.05, 4.69) is 4.99 Å². The minimum Gasteiger partial charge on any atom is -0.374 e. The minimum absolute atomic E-state index is 0.0158. The number of ether oxygens (including phenoxy) is 1. The fraction of sp³-hybridized carbons (Fsp3) is 0.571. The Morgan fingerprint density at radius 1 is 1.62 bits per heavy atom. The molecule has 0 aliphatic carbocycles. The van der Waals surface area contributed by atoms with Crippen molar-refractivity contribution in [1.82, 2.24) is 0 Å². The van der Waals surface area contributed by atoms with Crippen molar-refractivity contribution in [3.8, 4) is 0 Å². The molecule has 0 radical (unpaired) electrons. The third-order valence-electron chi connectivity index (χ3n) is 1.52. The first-order valence-electron chi connectivity index (χ1n) is 3.83. The molecule has 74 valence electrons. The molecule has 5 nitrogen and oxygen atoms in total. The summed E-state index contributed by atoms with van der Waals surface area (Å²) in [7, 11) is -3.50. The van der Waals surface area contributed by atoms with Crippen LogP contribution in [0.2, 0.25) is 0 Å². The van der Waals surface area contributed by atoms with Gasteiger partial charge in [0.25, 0.3) is 0 Å². The van der Waals surface area contributed by atoms with E-state index >= 15 is 0 Å². The molecule has 0 fully saturated rings. The Kier molecular flexibility index (Phi) is 2.72. The Morgan fingerprint density at radius 3 is 2.62 bits per heavy atom. The highest BCUT2D eigenvalue weighted by atomic mass is 32.2. The second-order valence-electron chi connectivity index (χ2n) is 2.93. The van der Waals surface area contributed by atoms with Gasteiger partial charge in [-0.1, -0.05) is 0 Å². The highest BCUT2D eigenvalue weighted by Crippen LogP contribution is 2.15. The van der Waals surface area contributed by atoms with E-state index in [1.807, 2.05) is 13.8 Å². The normalized spacial score (nSPS) is 20.2. The van der Waals surface area contributed by atoms with Gasteiger partial charge in [-0.25, -0.2) is 13.4 Å². The van der Waals surface area contributed by atoms with Gasteiger partial charge in [0.15, 0.2) is 0 Å². The summed E-state index contributed by atoms with van der Waals surface area (Å²) in [5, 5.41) is -0.352. The van der Waals surface area contributed by atoms with Crippen LogP contribution in [0.3, 0.4) is 0 Å². The molecule has 13 heavy (non-hydrogen) atoms. The summed E-state index contributed by atoms with van der Waals surface area (Å²) in [4.78, 5) is 3.64. The van der Waals surface area contributed by atoms with Gasteiger partial charge < -0.3 is 10.5 Å². The molecule has 0 spiro atoms. The lowest BCUT2D eigenvalue weighted by molar-refractivity contribution is 0.100. The zero-order valence-electron chi connectivity index (χ0n) is 7.52. The summed E-state index contributed by atoms with van der Waals surface area (Å²) in [5.41, 5.74) is 5.16. The van der Waals surface area contributed by atoms with Crippen LogP contribution in [0.1, 0.15) is 13.8 Å². The first-order valence-corrected chi connectivity index (χ1v) is 5.32. The molecule has 0 bridgehead atoms. The van der Waals surface area contributed by atoms with Crippen LogP contribution >= 0.6 is 0 Å². The molecule has 0 aromatic heterocycles. The Balaban J connectivity index is 2.67. The number of hydrogen-bond acceptors (Lipinski definition) is 5. The molecule has 0 saturated carbocycles. The molecule has 0 aromatic rings. The zero-order chi connectivity index (χ0) is 10.1. The van der Waals surface area contributed by atoms with Crippen molar-refractivity contribution in [1.29, 1.82) is 0 Å². The van der Waals surface area contributed by atoms with Crippen LogP contribution < -0.4 is 5.73 Å².